The number of nitrogens with zero attached hydrogens (tertiary/aromatic N) is 2. The lowest BCUT2D eigenvalue weighted by atomic mass is 10.1. The van der Waals surface area contributed by atoms with Gasteiger partial charge in [0.2, 0.25) is 11.8 Å². The van der Waals surface area contributed by atoms with E-state index in [1.54, 1.807) is 24.3 Å². The predicted molar refractivity (Wildman–Crippen MR) is 114 cm³/mol. The highest BCUT2D eigenvalue weighted by molar-refractivity contribution is 5.94. The monoisotopic (exact) mass is 390 g/mol. The van der Waals surface area contributed by atoms with Gasteiger partial charge in [-0.3, -0.25) is 14.5 Å². The molecule has 3 rings (SSSR count). The van der Waals surface area contributed by atoms with E-state index in [9.17, 15) is 9.59 Å². The maximum absolute atomic E-state index is 12.6. The Bertz CT molecular complexity index is 924. The zero-order valence-electron chi connectivity index (χ0n) is 16.9. The van der Waals surface area contributed by atoms with E-state index in [1.165, 1.54) is 0 Å². The van der Waals surface area contributed by atoms with Gasteiger partial charge in [0.05, 0.1) is 18.2 Å². The fourth-order valence-corrected chi connectivity index (χ4v) is 3.34. The average molecular weight is 390 g/mol. The van der Waals surface area contributed by atoms with Crippen LogP contribution in [0.15, 0.2) is 42.5 Å². The number of nitriles is 1. The van der Waals surface area contributed by atoms with Crippen LogP contribution in [0.25, 0.3) is 0 Å². The number of aryl methyl sites for hydroxylation is 2. The van der Waals surface area contributed by atoms with Crippen molar-refractivity contribution in [2.45, 2.75) is 39.2 Å². The fraction of sp³-hybridized carbons (Fsp3) is 0.348. The van der Waals surface area contributed by atoms with Gasteiger partial charge in [-0.2, -0.15) is 5.26 Å². The van der Waals surface area contributed by atoms with Gasteiger partial charge in [-0.25, -0.2) is 0 Å². The van der Waals surface area contributed by atoms with Gasteiger partial charge < -0.3 is 10.6 Å². The summed E-state index contributed by atoms with van der Waals surface area (Å²) in [6.07, 6.45) is 2.41. The second-order valence-corrected chi connectivity index (χ2v) is 7.51. The quantitative estimate of drug-likeness (QED) is 0.721. The molecule has 150 valence electrons. The molecule has 0 aromatic heterocycles. The summed E-state index contributed by atoms with van der Waals surface area (Å²) < 4.78 is 0. The fourth-order valence-electron chi connectivity index (χ4n) is 3.34. The Hall–Kier alpha value is -3.17. The molecule has 1 fully saturated rings. The molecule has 0 saturated heterocycles. The molecule has 2 aromatic rings. The third kappa shape index (κ3) is 5.90. The minimum Gasteiger partial charge on any atom is -0.326 e. The number of carbonyl (C=O) groups excluding carboxylic acids is 2. The van der Waals surface area contributed by atoms with Crippen LogP contribution < -0.4 is 10.6 Å². The number of amides is 2. The number of hydrogen-bond acceptors (Lipinski definition) is 4. The van der Waals surface area contributed by atoms with Crippen LogP contribution >= 0.6 is 0 Å². The molecule has 2 N–H and O–H groups in total. The number of anilines is 2. The lowest BCUT2D eigenvalue weighted by Crippen LogP contribution is -2.37. The van der Waals surface area contributed by atoms with E-state index < -0.39 is 0 Å². The topological polar surface area (TPSA) is 85.2 Å². The van der Waals surface area contributed by atoms with Gasteiger partial charge in [-0.1, -0.05) is 24.3 Å². The van der Waals surface area contributed by atoms with Crippen LogP contribution in [0.2, 0.25) is 0 Å². The molecule has 0 unspecified atom stereocenters. The van der Waals surface area contributed by atoms with Gasteiger partial charge in [0.1, 0.15) is 0 Å². The first-order valence-corrected chi connectivity index (χ1v) is 9.86. The number of nitrogens with one attached hydrogen (secondary N) is 2. The molecule has 0 atom stereocenters. The van der Waals surface area contributed by atoms with Crippen LogP contribution in [0.5, 0.6) is 0 Å². The Balaban J connectivity index is 1.53. The molecule has 2 aromatic carbocycles. The first-order chi connectivity index (χ1) is 14.0. The maximum Gasteiger partial charge on any atom is 0.238 e. The molecule has 29 heavy (non-hydrogen) atoms. The van der Waals surface area contributed by atoms with Gasteiger partial charge in [0.15, 0.2) is 0 Å². The predicted octanol–water partition coefficient (Wildman–Crippen LogP) is 3.61. The van der Waals surface area contributed by atoms with E-state index in [-0.39, 0.29) is 18.4 Å². The summed E-state index contributed by atoms with van der Waals surface area (Å²) in [5.74, 6) is -0.183. The Morgan fingerprint density at radius 2 is 1.76 bits per heavy atom. The third-order valence-corrected chi connectivity index (χ3v) is 5.06. The molecule has 0 heterocycles. The van der Waals surface area contributed by atoms with Crippen molar-refractivity contribution in [2.24, 2.45) is 0 Å². The highest BCUT2D eigenvalue weighted by Gasteiger charge is 2.30. The van der Waals surface area contributed by atoms with Crippen molar-refractivity contribution in [2.75, 3.05) is 23.7 Å². The Kier molecular flexibility index (Phi) is 6.63. The van der Waals surface area contributed by atoms with Gasteiger partial charge in [-0.15, -0.1) is 0 Å². The molecule has 2 amide bonds. The van der Waals surface area contributed by atoms with Crippen molar-refractivity contribution in [3.05, 3.63) is 59.2 Å². The number of carbonyl (C=O) groups is 2. The molecule has 0 radical (unpaired) electrons. The normalized spacial score (nSPS) is 13.0. The lowest BCUT2D eigenvalue weighted by molar-refractivity contribution is -0.119. The van der Waals surface area contributed by atoms with Crippen LogP contribution in [0, 0.1) is 25.2 Å². The zero-order valence-corrected chi connectivity index (χ0v) is 16.9. The van der Waals surface area contributed by atoms with Crippen LogP contribution in [-0.2, 0) is 9.59 Å². The third-order valence-electron chi connectivity index (χ3n) is 5.06. The minimum atomic E-state index is -0.124. The standard InChI is InChI=1S/C23H26N4O2/c1-16-5-3-6-17(2)23(16)26-22(29)15-27(20-9-10-20)12-11-21(28)25-19-8-4-7-18(13-19)14-24/h3-8,13,20H,9-12,15H2,1-2H3,(H,25,28)(H,26,29). The Labute approximate surface area is 171 Å². The van der Waals surface area contributed by atoms with Crippen molar-refractivity contribution in [1.82, 2.24) is 4.90 Å². The molecule has 6 nitrogen and oxygen atoms in total. The van der Waals surface area contributed by atoms with Crippen molar-refractivity contribution >= 4 is 23.2 Å². The van der Waals surface area contributed by atoms with Crippen molar-refractivity contribution < 1.29 is 9.59 Å². The van der Waals surface area contributed by atoms with Crippen molar-refractivity contribution in [3.63, 3.8) is 0 Å². The van der Waals surface area contributed by atoms with Crippen molar-refractivity contribution in [1.29, 1.82) is 5.26 Å². The molecule has 0 bridgehead atoms. The van der Waals surface area contributed by atoms with Crippen molar-refractivity contribution in [3.8, 4) is 6.07 Å². The van der Waals surface area contributed by atoms with Crippen LogP contribution in [0.4, 0.5) is 11.4 Å². The summed E-state index contributed by atoms with van der Waals surface area (Å²) in [4.78, 5) is 27.0. The summed E-state index contributed by atoms with van der Waals surface area (Å²) in [5.41, 5.74) is 4.05. The van der Waals surface area contributed by atoms with E-state index in [4.69, 9.17) is 5.26 Å². The first kappa shape index (κ1) is 20.6. The lowest BCUT2D eigenvalue weighted by Gasteiger charge is -2.22. The van der Waals surface area contributed by atoms with E-state index >= 15 is 0 Å². The molecular weight excluding hydrogens is 364 g/mol. The summed E-state index contributed by atoms with van der Waals surface area (Å²) in [6.45, 7) is 4.75. The summed E-state index contributed by atoms with van der Waals surface area (Å²) in [6, 6.07) is 15.2. The number of benzene rings is 2. The summed E-state index contributed by atoms with van der Waals surface area (Å²) in [7, 11) is 0. The number of hydrogen-bond donors (Lipinski definition) is 2. The second-order valence-electron chi connectivity index (χ2n) is 7.51. The Morgan fingerprint density at radius 1 is 1.07 bits per heavy atom. The molecular formula is C23H26N4O2. The van der Waals surface area contributed by atoms with E-state index in [1.807, 2.05) is 32.0 Å². The molecule has 1 aliphatic carbocycles. The van der Waals surface area contributed by atoms with Crippen LogP contribution in [0.1, 0.15) is 36.0 Å². The number of para-hydroxylation sites is 1. The van der Waals surface area contributed by atoms with E-state index in [0.29, 0.717) is 30.3 Å². The van der Waals surface area contributed by atoms with Crippen LogP contribution in [0.3, 0.4) is 0 Å². The second kappa shape index (κ2) is 9.35. The molecule has 1 aliphatic rings. The van der Waals surface area contributed by atoms with Gasteiger partial charge in [0.25, 0.3) is 0 Å². The zero-order chi connectivity index (χ0) is 20.8. The molecule has 1 saturated carbocycles. The van der Waals surface area contributed by atoms with Crippen LogP contribution in [-0.4, -0.2) is 35.8 Å². The van der Waals surface area contributed by atoms with Gasteiger partial charge in [0, 0.05) is 30.4 Å². The van der Waals surface area contributed by atoms with Gasteiger partial charge in [-0.05, 0) is 56.0 Å². The molecule has 6 heteroatoms. The van der Waals surface area contributed by atoms with E-state index in [0.717, 1.165) is 29.7 Å². The molecule has 0 aliphatic heterocycles. The smallest absolute Gasteiger partial charge is 0.238 e. The number of rotatable bonds is 8. The average Bonchev–Trinajstić information content (AvgIpc) is 3.53. The Morgan fingerprint density at radius 3 is 2.41 bits per heavy atom. The maximum atomic E-state index is 12.6. The largest absolute Gasteiger partial charge is 0.326 e. The molecule has 0 spiro atoms. The minimum absolute atomic E-state index is 0.0589. The summed E-state index contributed by atoms with van der Waals surface area (Å²) in [5, 5.41) is 14.8. The van der Waals surface area contributed by atoms with E-state index in [2.05, 4.69) is 21.6 Å². The van der Waals surface area contributed by atoms with Gasteiger partial charge >= 0.3 is 0 Å². The SMILES string of the molecule is Cc1cccc(C)c1NC(=O)CN(CCC(=O)Nc1cccc(C#N)c1)C1CC1. The highest BCUT2D eigenvalue weighted by atomic mass is 16.2. The highest BCUT2D eigenvalue weighted by Crippen LogP contribution is 2.27. The first-order valence-electron chi connectivity index (χ1n) is 9.86. The summed E-state index contributed by atoms with van der Waals surface area (Å²) >= 11 is 0.